The van der Waals surface area contributed by atoms with Crippen LogP contribution in [0.3, 0.4) is 0 Å². The lowest BCUT2D eigenvalue weighted by molar-refractivity contribution is 0.453. The first-order valence-electron chi connectivity index (χ1n) is 7.62. The van der Waals surface area contributed by atoms with Gasteiger partial charge in [0.05, 0.1) is 6.54 Å². The Bertz CT molecular complexity index is 443. The summed E-state index contributed by atoms with van der Waals surface area (Å²) in [6, 6.07) is 0. The molecule has 1 aromatic heterocycles. The molecule has 0 aliphatic rings. The number of aryl methyl sites for hydroxylation is 1. The summed E-state index contributed by atoms with van der Waals surface area (Å²) in [6.45, 7) is 8.34. The second-order valence-electron chi connectivity index (χ2n) is 4.99. The number of guanidine groups is 1. The molecule has 0 spiro atoms. The highest BCUT2D eigenvalue weighted by molar-refractivity contribution is 14.0. The van der Waals surface area contributed by atoms with E-state index >= 15 is 0 Å². The molecule has 6 nitrogen and oxygen atoms in total. The summed E-state index contributed by atoms with van der Waals surface area (Å²) in [5, 5.41) is 11.4. The number of aliphatic imine (C=N–C) groups is 1. The van der Waals surface area contributed by atoms with Gasteiger partial charge in [0, 0.05) is 27.2 Å². The zero-order valence-electron chi connectivity index (χ0n) is 14.0. The number of nitrogens with zero attached hydrogens (tertiary/aromatic N) is 5. The summed E-state index contributed by atoms with van der Waals surface area (Å²) in [6.07, 6.45) is 8.43. The van der Waals surface area contributed by atoms with Crippen molar-refractivity contribution in [2.24, 2.45) is 4.99 Å². The van der Waals surface area contributed by atoms with Gasteiger partial charge in [-0.1, -0.05) is 12.5 Å². The minimum absolute atomic E-state index is 0. The van der Waals surface area contributed by atoms with Gasteiger partial charge in [-0.3, -0.25) is 4.99 Å². The van der Waals surface area contributed by atoms with E-state index in [4.69, 9.17) is 0 Å². The Labute approximate surface area is 151 Å². The van der Waals surface area contributed by atoms with Crippen molar-refractivity contribution in [2.45, 2.75) is 45.7 Å². The molecule has 0 aromatic carbocycles. The fourth-order valence-electron chi connectivity index (χ4n) is 2.14. The molecular formula is C15H29IN6. The average Bonchev–Trinajstić information content (AvgIpc) is 2.95. The second kappa shape index (κ2) is 12.4. The Kier molecular flexibility index (Phi) is 11.8. The van der Waals surface area contributed by atoms with Crippen LogP contribution in [-0.4, -0.2) is 46.3 Å². The van der Waals surface area contributed by atoms with Crippen molar-refractivity contribution in [1.82, 2.24) is 25.0 Å². The maximum Gasteiger partial charge on any atom is 0.193 e. The molecule has 7 heteroatoms. The van der Waals surface area contributed by atoms with E-state index in [0.29, 0.717) is 6.54 Å². The fraction of sp³-hybridized carbons (Fsp3) is 0.667. The molecule has 0 radical (unpaired) electrons. The minimum atomic E-state index is 0. The number of allylic oxidation sites excluding steroid dienone is 1. The maximum absolute atomic E-state index is 4.32. The van der Waals surface area contributed by atoms with Crippen LogP contribution in [0.15, 0.2) is 24.0 Å². The number of hydrogen-bond acceptors (Lipinski definition) is 3. The third-order valence-corrected chi connectivity index (χ3v) is 3.42. The molecule has 0 amide bonds. The summed E-state index contributed by atoms with van der Waals surface area (Å²) >= 11 is 0. The Morgan fingerprint density at radius 1 is 1.45 bits per heavy atom. The predicted octanol–water partition coefficient (Wildman–Crippen LogP) is 2.67. The third-order valence-electron chi connectivity index (χ3n) is 3.42. The van der Waals surface area contributed by atoms with Crippen LogP contribution in [0.25, 0.3) is 0 Å². The highest BCUT2D eigenvalue weighted by Gasteiger charge is 2.07. The Hall–Kier alpha value is -1.12. The number of aromatic nitrogens is 3. The van der Waals surface area contributed by atoms with Crippen LogP contribution in [0.5, 0.6) is 0 Å². The molecule has 1 rings (SSSR count). The summed E-state index contributed by atoms with van der Waals surface area (Å²) in [4.78, 5) is 6.47. The lowest BCUT2D eigenvalue weighted by Crippen LogP contribution is -2.39. The standard InChI is InChI=1S/C15H28N6.HI/c1-5-7-8-9-10-11-20(4)15(16-3)17-12-14-19-18-13-21(14)6-2;/h5,13H,1,6-12H2,2-4H3,(H,16,17);1H. The molecule has 1 N–H and O–H groups in total. The van der Waals surface area contributed by atoms with Crippen molar-refractivity contribution in [2.75, 3.05) is 20.6 Å². The van der Waals surface area contributed by atoms with Gasteiger partial charge in [-0.25, -0.2) is 0 Å². The molecule has 0 saturated heterocycles. The molecule has 0 fully saturated rings. The maximum atomic E-state index is 4.32. The number of halogens is 1. The van der Waals surface area contributed by atoms with Gasteiger partial charge in [0.15, 0.2) is 11.8 Å². The lowest BCUT2D eigenvalue weighted by atomic mass is 10.2. The quantitative estimate of drug-likeness (QED) is 0.220. The van der Waals surface area contributed by atoms with E-state index in [1.165, 1.54) is 12.8 Å². The van der Waals surface area contributed by atoms with E-state index in [1.54, 1.807) is 13.4 Å². The predicted molar refractivity (Wildman–Crippen MR) is 103 cm³/mol. The fourth-order valence-corrected chi connectivity index (χ4v) is 2.14. The third kappa shape index (κ3) is 7.24. The first-order valence-corrected chi connectivity index (χ1v) is 7.62. The van der Waals surface area contributed by atoms with Gasteiger partial charge in [0.1, 0.15) is 6.33 Å². The van der Waals surface area contributed by atoms with Gasteiger partial charge < -0.3 is 14.8 Å². The van der Waals surface area contributed by atoms with Crippen molar-refractivity contribution in [3.8, 4) is 0 Å². The zero-order valence-corrected chi connectivity index (χ0v) is 16.3. The van der Waals surface area contributed by atoms with Crippen LogP contribution in [0.4, 0.5) is 0 Å². The topological polar surface area (TPSA) is 58.3 Å². The monoisotopic (exact) mass is 420 g/mol. The van der Waals surface area contributed by atoms with Gasteiger partial charge in [-0.05, 0) is 26.2 Å². The van der Waals surface area contributed by atoms with Crippen molar-refractivity contribution in [3.63, 3.8) is 0 Å². The smallest absolute Gasteiger partial charge is 0.193 e. The normalized spacial score (nSPS) is 11.0. The summed E-state index contributed by atoms with van der Waals surface area (Å²) in [5.74, 6) is 1.82. The number of hydrogen-bond donors (Lipinski definition) is 1. The Morgan fingerprint density at radius 3 is 2.86 bits per heavy atom. The lowest BCUT2D eigenvalue weighted by Gasteiger charge is -2.21. The van der Waals surface area contributed by atoms with E-state index in [9.17, 15) is 0 Å². The van der Waals surface area contributed by atoms with Crippen molar-refractivity contribution in [1.29, 1.82) is 0 Å². The summed E-state index contributed by atoms with van der Waals surface area (Å²) in [7, 11) is 3.87. The van der Waals surface area contributed by atoms with Crippen molar-refractivity contribution < 1.29 is 0 Å². The number of rotatable bonds is 9. The molecule has 0 bridgehead atoms. The second-order valence-corrected chi connectivity index (χ2v) is 4.99. The van der Waals surface area contributed by atoms with Crippen LogP contribution in [0, 0.1) is 0 Å². The van der Waals surface area contributed by atoms with E-state index in [0.717, 1.165) is 37.7 Å². The molecule has 1 heterocycles. The summed E-state index contributed by atoms with van der Waals surface area (Å²) in [5.41, 5.74) is 0. The van der Waals surface area contributed by atoms with E-state index in [-0.39, 0.29) is 24.0 Å². The number of nitrogens with one attached hydrogen (secondary N) is 1. The highest BCUT2D eigenvalue weighted by Crippen LogP contribution is 2.02. The molecule has 1 aromatic rings. The van der Waals surface area contributed by atoms with Crippen LogP contribution in [0.1, 0.15) is 38.4 Å². The van der Waals surface area contributed by atoms with Crippen LogP contribution in [0.2, 0.25) is 0 Å². The van der Waals surface area contributed by atoms with Crippen molar-refractivity contribution >= 4 is 29.9 Å². The van der Waals surface area contributed by atoms with Gasteiger partial charge in [-0.2, -0.15) is 0 Å². The molecule has 0 unspecified atom stereocenters. The van der Waals surface area contributed by atoms with E-state index < -0.39 is 0 Å². The molecule has 0 aliphatic heterocycles. The molecule has 22 heavy (non-hydrogen) atoms. The first kappa shape index (κ1) is 20.9. The molecule has 0 atom stereocenters. The van der Waals surface area contributed by atoms with Gasteiger partial charge >= 0.3 is 0 Å². The highest BCUT2D eigenvalue weighted by atomic mass is 127. The first-order chi connectivity index (χ1) is 10.2. The molecular weight excluding hydrogens is 391 g/mol. The zero-order chi connectivity index (χ0) is 15.5. The van der Waals surface area contributed by atoms with Crippen LogP contribution < -0.4 is 5.32 Å². The van der Waals surface area contributed by atoms with Gasteiger partial charge in [-0.15, -0.1) is 40.8 Å². The SMILES string of the molecule is C=CCCCCCN(C)C(=NC)NCc1nncn1CC.I. The summed E-state index contributed by atoms with van der Waals surface area (Å²) < 4.78 is 2.02. The largest absolute Gasteiger partial charge is 0.349 e. The van der Waals surface area contributed by atoms with Gasteiger partial charge in [0.25, 0.3) is 0 Å². The number of unbranched alkanes of at least 4 members (excludes halogenated alkanes) is 3. The molecule has 0 saturated carbocycles. The Balaban J connectivity index is 0.00000441. The molecule has 0 aliphatic carbocycles. The minimum Gasteiger partial charge on any atom is -0.349 e. The van der Waals surface area contributed by atoms with Gasteiger partial charge in [0.2, 0.25) is 0 Å². The molecule has 126 valence electrons. The van der Waals surface area contributed by atoms with Crippen molar-refractivity contribution in [3.05, 3.63) is 24.8 Å². The Morgan fingerprint density at radius 2 is 2.23 bits per heavy atom. The average molecular weight is 420 g/mol. The van der Waals surface area contributed by atoms with Crippen LogP contribution in [-0.2, 0) is 13.1 Å². The van der Waals surface area contributed by atoms with E-state index in [1.807, 2.05) is 10.6 Å². The van der Waals surface area contributed by atoms with Crippen LogP contribution >= 0.6 is 24.0 Å². The van der Waals surface area contributed by atoms with E-state index in [2.05, 4.69) is 46.0 Å².